The molecule has 0 saturated carbocycles. The molecule has 3 atom stereocenters. The molecule has 7 rings (SSSR count). The number of anilines is 2. The second-order valence-corrected chi connectivity index (χ2v) is 15.7. The van der Waals surface area contributed by atoms with Crippen LogP contribution in [0.25, 0.3) is 0 Å². The molecule has 0 aliphatic carbocycles. The molecule has 270 valence electrons. The number of aryl methyl sites for hydroxylation is 1. The van der Waals surface area contributed by atoms with E-state index in [2.05, 4.69) is 60.6 Å². The van der Waals surface area contributed by atoms with Gasteiger partial charge in [0.15, 0.2) is 0 Å². The molecule has 11 nitrogen and oxygen atoms in total. The largest absolute Gasteiger partial charge is 0.379 e. The summed E-state index contributed by atoms with van der Waals surface area (Å²) in [6, 6.07) is 13.2. The predicted octanol–water partition coefficient (Wildman–Crippen LogP) is 4.62. The number of nitrogens with one attached hydrogen (secondary N) is 2. The highest BCUT2D eigenvalue weighted by Gasteiger charge is 2.39. The maximum atomic E-state index is 14.8. The van der Waals surface area contributed by atoms with E-state index in [1.165, 1.54) is 16.3 Å². The lowest BCUT2D eigenvalue weighted by Crippen LogP contribution is -2.48. The number of piperidine rings is 4. The molecule has 3 aromatic rings. The third-order valence-electron chi connectivity index (χ3n) is 11.6. The summed E-state index contributed by atoms with van der Waals surface area (Å²) in [7, 11) is 3.73. The molecule has 0 radical (unpaired) electrons. The number of nitrogens with zero attached hydrogens (tertiary/aromatic N) is 5. The quantitative estimate of drug-likeness (QED) is 0.350. The summed E-state index contributed by atoms with van der Waals surface area (Å²) in [5, 5.41) is 10.0. The van der Waals surface area contributed by atoms with Crippen LogP contribution in [0.15, 0.2) is 57.9 Å². The van der Waals surface area contributed by atoms with Gasteiger partial charge in [-0.2, -0.15) is 5.10 Å². The molecule has 3 unspecified atom stereocenters. The fraction of sp³-hybridized carbons (Fsp3) is 0.500. The van der Waals surface area contributed by atoms with Gasteiger partial charge < -0.3 is 20.0 Å². The van der Waals surface area contributed by atoms with Gasteiger partial charge in [-0.15, -0.1) is 0 Å². The normalized spacial score (nSPS) is 24.0. The lowest BCUT2D eigenvalue weighted by atomic mass is 9.71. The summed E-state index contributed by atoms with van der Waals surface area (Å²) in [5.41, 5.74) is 3.86. The number of hydrogen-bond donors (Lipinski definition) is 2. The minimum Gasteiger partial charge on any atom is -0.379 e. The fourth-order valence-electron chi connectivity index (χ4n) is 8.49. The summed E-state index contributed by atoms with van der Waals surface area (Å²) in [6.45, 7) is 4.88. The number of likely N-dealkylation sites (tertiary alicyclic amines) is 2. The first-order valence-corrected chi connectivity index (χ1v) is 18.7. The average molecular weight is 763 g/mol. The van der Waals surface area contributed by atoms with Crippen LogP contribution in [-0.2, 0) is 16.6 Å². The van der Waals surface area contributed by atoms with Crippen LogP contribution in [0.5, 0.6) is 0 Å². The van der Waals surface area contributed by atoms with E-state index < -0.39 is 17.6 Å². The van der Waals surface area contributed by atoms with Crippen molar-refractivity contribution in [1.82, 2.24) is 24.9 Å². The molecule has 3 amide bonds. The maximum absolute atomic E-state index is 14.8. The highest BCUT2D eigenvalue weighted by molar-refractivity contribution is 9.10. The van der Waals surface area contributed by atoms with Crippen LogP contribution >= 0.6 is 15.9 Å². The minimum absolute atomic E-state index is 0.0736. The van der Waals surface area contributed by atoms with Gasteiger partial charge in [-0.3, -0.25) is 24.5 Å². The molecule has 1 spiro atoms. The molecule has 4 aliphatic rings. The number of imide groups is 1. The summed E-state index contributed by atoms with van der Waals surface area (Å²) >= 11 is 3.42. The average Bonchev–Trinajstić information content (AvgIpc) is 3.13. The lowest BCUT2D eigenvalue weighted by molar-refractivity contribution is -0.134. The highest BCUT2D eigenvalue weighted by Crippen LogP contribution is 2.43. The van der Waals surface area contributed by atoms with Crippen LogP contribution in [0.4, 0.5) is 15.8 Å². The smallest absolute Gasteiger partial charge is 0.282 e. The first kappa shape index (κ1) is 35.3. The van der Waals surface area contributed by atoms with Gasteiger partial charge in [-0.1, -0.05) is 12.1 Å². The van der Waals surface area contributed by atoms with E-state index in [9.17, 15) is 23.6 Å². The molecule has 2 aromatic carbocycles. The Balaban J connectivity index is 0.923. The number of amides is 3. The number of benzene rings is 2. The first-order valence-electron chi connectivity index (χ1n) is 17.9. The van der Waals surface area contributed by atoms with E-state index in [4.69, 9.17) is 0 Å². The Bertz CT molecular complexity index is 1870. The van der Waals surface area contributed by atoms with Crippen molar-refractivity contribution < 1.29 is 18.8 Å². The Morgan fingerprint density at radius 3 is 2.39 bits per heavy atom. The third kappa shape index (κ3) is 7.46. The van der Waals surface area contributed by atoms with Crippen molar-refractivity contribution in [2.24, 2.45) is 12.5 Å². The van der Waals surface area contributed by atoms with Crippen molar-refractivity contribution in [3.63, 3.8) is 0 Å². The predicted molar refractivity (Wildman–Crippen MR) is 196 cm³/mol. The number of likely N-dealkylation sites (N-methyl/N-ethyl adjacent to an activating group) is 1. The zero-order chi connectivity index (χ0) is 35.9. The topological polar surface area (TPSA) is 120 Å². The zero-order valence-electron chi connectivity index (χ0n) is 29.2. The van der Waals surface area contributed by atoms with Crippen LogP contribution in [0.3, 0.4) is 0 Å². The summed E-state index contributed by atoms with van der Waals surface area (Å²) in [5.74, 6) is -1.45. The van der Waals surface area contributed by atoms with Crippen LogP contribution in [0.2, 0.25) is 0 Å². The number of halogens is 2. The van der Waals surface area contributed by atoms with Crippen molar-refractivity contribution in [1.29, 1.82) is 0 Å². The van der Waals surface area contributed by atoms with Crippen LogP contribution in [0.1, 0.15) is 78.3 Å². The van der Waals surface area contributed by atoms with Crippen molar-refractivity contribution >= 4 is 45.0 Å². The van der Waals surface area contributed by atoms with E-state index in [-0.39, 0.29) is 41.2 Å². The Kier molecular flexibility index (Phi) is 10.0. The van der Waals surface area contributed by atoms with Crippen molar-refractivity contribution in [2.75, 3.05) is 56.5 Å². The van der Waals surface area contributed by atoms with Crippen LogP contribution in [0, 0.1) is 11.2 Å². The molecule has 51 heavy (non-hydrogen) atoms. The van der Waals surface area contributed by atoms with Crippen LogP contribution < -0.4 is 21.1 Å². The molecule has 1 aromatic heterocycles. The van der Waals surface area contributed by atoms with E-state index in [1.807, 2.05) is 17.0 Å². The van der Waals surface area contributed by atoms with Gasteiger partial charge in [0.2, 0.25) is 11.8 Å². The molecule has 4 fully saturated rings. The minimum atomic E-state index is -0.653. The van der Waals surface area contributed by atoms with Gasteiger partial charge in [0.05, 0.1) is 17.8 Å². The monoisotopic (exact) mass is 761 g/mol. The fourth-order valence-corrected chi connectivity index (χ4v) is 8.96. The molecular formula is C38H45BrFN7O4. The zero-order valence-corrected chi connectivity index (χ0v) is 30.8. The lowest BCUT2D eigenvalue weighted by Gasteiger charge is -2.47. The Morgan fingerprint density at radius 1 is 0.980 bits per heavy atom. The summed E-state index contributed by atoms with van der Waals surface area (Å²) < 4.78 is 16.6. The van der Waals surface area contributed by atoms with Gasteiger partial charge >= 0.3 is 0 Å². The standard InChI is InChI=1S/C38H45BrFN7O4/c1-44-22-26(19-27(23-44)42-32-21-41-45(2)37(51)34(32)39)24-3-5-25(6-4-24)36(50)47-17-13-38(14-18-47)11-15-46(16-12-38)28-7-9-31(40)30(20-28)29-8-10-33(48)43-35(29)49/h3-7,9,20-21,26-27,29,42H,8,10-19,22-23H2,1-2H3,(H,43,48,49). The van der Waals surface area contributed by atoms with Crippen molar-refractivity contribution in [3.05, 3.63) is 86.0 Å². The molecule has 4 saturated heterocycles. The molecular weight excluding hydrogens is 717 g/mol. The van der Waals surface area contributed by atoms with Crippen LogP contribution in [-0.4, -0.2) is 89.7 Å². The van der Waals surface area contributed by atoms with E-state index in [1.54, 1.807) is 25.4 Å². The molecule has 13 heteroatoms. The molecule has 4 aliphatic heterocycles. The number of hydrogen-bond acceptors (Lipinski definition) is 8. The van der Waals surface area contributed by atoms with Gasteiger partial charge in [0.25, 0.3) is 11.5 Å². The highest BCUT2D eigenvalue weighted by atomic mass is 79.9. The first-order chi connectivity index (χ1) is 24.5. The Morgan fingerprint density at radius 2 is 1.69 bits per heavy atom. The second-order valence-electron chi connectivity index (χ2n) is 14.9. The van der Waals surface area contributed by atoms with Crippen molar-refractivity contribution in [2.45, 2.75) is 62.8 Å². The molecule has 2 N–H and O–H groups in total. The van der Waals surface area contributed by atoms with E-state index in [0.29, 0.717) is 27.7 Å². The molecule has 0 bridgehead atoms. The summed E-state index contributed by atoms with van der Waals surface area (Å²) in [4.78, 5) is 56.5. The Hall–Kier alpha value is -4.10. The summed E-state index contributed by atoms with van der Waals surface area (Å²) in [6.07, 6.45) is 7.01. The maximum Gasteiger partial charge on any atom is 0.282 e. The van der Waals surface area contributed by atoms with Gasteiger partial charge in [-0.05, 0) is 109 Å². The Labute approximate surface area is 305 Å². The number of rotatable bonds is 6. The SMILES string of the molecule is CN1CC(Nc2cnn(C)c(=O)c2Br)CC(c2ccc(C(=O)N3CCC4(CC3)CCN(c3ccc(F)c(C5CCC(=O)NC5=O)c3)CC4)cc2)C1. The van der Waals surface area contributed by atoms with Gasteiger partial charge in [0.1, 0.15) is 10.3 Å². The third-order valence-corrected chi connectivity index (χ3v) is 12.4. The van der Waals surface area contributed by atoms with E-state index in [0.717, 1.165) is 77.1 Å². The number of aromatic nitrogens is 2. The van der Waals surface area contributed by atoms with Crippen molar-refractivity contribution in [3.8, 4) is 0 Å². The molecule has 5 heterocycles. The number of carbonyl (C=O) groups is 3. The number of carbonyl (C=O) groups excluding carboxylic acids is 3. The van der Waals surface area contributed by atoms with Gasteiger partial charge in [0, 0.05) is 75.6 Å². The van der Waals surface area contributed by atoms with Gasteiger partial charge in [-0.25, -0.2) is 9.07 Å². The van der Waals surface area contributed by atoms with E-state index >= 15 is 0 Å². The second kappa shape index (κ2) is 14.5.